The summed E-state index contributed by atoms with van der Waals surface area (Å²) in [7, 11) is 0. The van der Waals surface area contributed by atoms with Gasteiger partial charge in [-0.25, -0.2) is 15.0 Å². The predicted molar refractivity (Wildman–Crippen MR) is 205 cm³/mol. The van der Waals surface area contributed by atoms with E-state index in [9.17, 15) is 0 Å². The van der Waals surface area contributed by atoms with Crippen LogP contribution < -0.4 is 0 Å². The van der Waals surface area contributed by atoms with Gasteiger partial charge in [-0.05, 0) is 54.5 Å². The molecule has 238 valence electrons. The summed E-state index contributed by atoms with van der Waals surface area (Å²) in [6.07, 6.45) is 0. The molecule has 0 amide bonds. The predicted octanol–water partition coefficient (Wildman–Crippen LogP) is 11.8. The maximum Gasteiger partial charge on any atom is 0.167 e. The lowest BCUT2D eigenvalue weighted by Gasteiger charge is -2.09. The fourth-order valence-corrected chi connectivity index (χ4v) is 7.22. The average molecular weight is 659 g/mol. The fourth-order valence-electron chi connectivity index (χ4n) is 7.22. The van der Waals surface area contributed by atoms with Crippen LogP contribution in [0.3, 0.4) is 0 Å². The van der Waals surface area contributed by atoms with Gasteiger partial charge in [-0.3, -0.25) is 0 Å². The smallest absolute Gasteiger partial charge is 0.167 e. The fraction of sp³-hybridized carbons (Fsp3) is 0. The number of para-hydroxylation sites is 4. The van der Waals surface area contributed by atoms with Gasteiger partial charge in [0.2, 0.25) is 0 Å². The summed E-state index contributed by atoms with van der Waals surface area (Å²) in [5.41, 5.74) is 7.11. The van der Waals surface area contributed by atoms with Gasteiger partial charge >= 0.3 is 0 Å². The van der Waals surface area contributed by atoms with E-state index in [1.165, 1.54) is 12.1 Å². The first-order valence-corrected chi connectivity index (χ1v) is 16.6. The molecule has 7 aromatic carbocycles. The van der Waals surface area contributed by atoms with E-state index in [0.717, 1.165) is 49.5 Å². The minimum Gasteiger partial charge on any atom is -0.456 e. The molecule has 0 aliphatic heterocycles. The van der Waals surface area contributed by atoms with E-state index in [4.69, 9.17) is 29.3 Å². The highest BCUT2D eigenvalue weighted by Gasteiger charge is 2.19. The topological polar surface area (TPSA) is 69.9 Å². The molecule has 0 bridgehead atoms. The third-order valence-corrected chi connectivity index (χ3v) is 9.57. The molecular formula is C45H26N4O2. The van der Waals surface area contributed by atoms with Crippen molar-refractivity contribution in [3.05, 3.63) is 158 Å². The standard InChI is InChI=1S/C45H26N4O2/c1-2-11-27(12-3-1)43-46-44(48-45(47-43)35-17-10-16-34-32-15-6-9-20-39(32)51-42(34)35)28-21-23-33-36-26-29(22-24-40(36)50-41(33)25-28)49-37-18-7-4-13-30(37)31-14-5-8-19-38(31)49/h1-26H/i4D,5D,18D,19D. The molecule has 0 saturated heterocycles. The Morgan fingerprint density at radius 3 is 1.96 bits per heavy atom. The van der Waals surface area contributed by atoms with E-state index in [0.29, 0.717) is 56.0 Å². The first-order valence-electron chi connectivity index (χ1n) is 18.6. The lowest BCUT2D eigenvalue weighted by molar-refractivity contribution is 0.668. The van der Waals surface area contributed by atoms with E-state index in [1.54, 1.807) is 12.1 Å². The zero-order valence-electron chi connectivity index (χ0n) is 30.8. The number of fused-ring (bicyclic) bond motifs is 9. The van der Waals surface area contributed by atoms with Crippen molar-refractivity contribution in [2.45, 2.75) is 0 Å². The highest BCUT2D eigenvalue weighted by atomic mass is 16.3. The van der Waals surface area contributed by atoms with Crippen LogP contribution in [0.4, 0.5) is 0 Å². The third kappa shape index (κ3) is 4.26. The molecule has 0 fully saturated rings. The highest BCUT2D eigenvalue weighted by Crippen LogP contribution is 2.38. The normalized spacial score (nSPS) is 13.0. The monoisotopic (exact) mass is 658 g/mol. The summed E-state index contributed by atoms with van der Waals surface area (Å²) in [4.78, 5) is 14.9. The molecule has 0 N–H and O–H groups in total. The number of furan rings is 2. The van der Waals surface area contributed by atoms with Gasteiger partial charge in [0.15, 0.2) is 17.5 Å². The van der Waals surface area contributed by atoms with Crippen LogP contribution in [0.15, 0.2) is 166 Å². The zero-order chi connectivity index (χ0) is 36.9. The first kappa shape index (κ1) is 24.1. The van der Waals surface area contributed by atoms with E-state index in [2.05, 4.69) is 6.07 Å². The number of benzene rings is 7. The maximum absolute atomic E-state index is 8.84. The van der Waals surface area contributed by atoms with Crippen LogP contribution in [0, 0.1) is 0 Å². The second-order valence-corrected chi connectivity index (χ2v) is 12.5. The van der Waals surface area contributed by atoms with Gasteiger partial charge in [-0.2, -0.15) is 0 Å². The van der Waals surface area contributed by atoms with E-state index >= 15 is 0 Å². The van der Waals surface area contributed by atoms with Crippen molar-refractivity contribution in [2.24, 2.45) is 0 Å². The zero-order valence-corrected chi connectivity index (χ0v) is 26.8. The number of nitrogens with zero attached hydrogens (tertiary/aromatic N) is 4. The molecule has 0 aliphatic carbocycles. The Morgan fingerprint density at radius 1 is 0.451 bits per heavy atom. The van der Waals surface area contributed by atoms with Gasteiger partial charge in [0.05, 0.1) is 22.1 Å². The van der Waals surface area contributed by atoms with Crippen LogP contribution in [0.25, 0.3) is 106 Å². The van der Waals surface area contributed by atoms with Crippen LogP contribution in [-0.2, 0) is 0 Å². The van der Waals surface area contributed by atoms with Gasteiger partial charge in [-0.1, -0.05) is 103 Å². The van der Waals surface area contributed by atoms with Gasteiger partial charge in [-0.15, -0.1) is 0 Å². The molecule has 11 aromatic rings. The molecule has 0 unspecified atom stereocenters. The molecule has 0 spiro atoms. The van der Waals surface area contributed by atoms with Gasteiger partial charge in [0.25, 0.3) is 0 Å². The van der Waals surface area contributed by atoms with Crippen molar-refractivity contribution >= 4 is 65.7 Å². The Morgan fingerprint density at radius 2 is 1.14 bits per heavy atom. The van der Waals surface area contributed by atoms with Crippen LogP contribution in [0.1, 0.15) is 5.48 Å². The third-order valence-electron chi connectivity index (χ3n) is 9.57. The van der Waals surface area contributed by atoms with Gasteiger partial charge in [0, 0.05) is 49.1 Å². The molecule has 0 radical (unpaired) electrons. The Labute approximate surface area is 296 Å². The van der Waals surface area contributed by atoms with Crippen molar-refractivity contribution in [1.29, 1.82) is 0 Å². The summed E-state index contributed by atoms with van der Waals surface area (Å²) >= 11 is 0. The Balaban J connectivity index is 1.09. The number of aromatic nitrogens is 4. The molecule has 0 saturated carbocycles. The molecule has 51 heavy (non-hydrogen) atoms. The van der Waals surface area contributed by atoms with Crippen LogP contribution in [-0.4, -0.2) is 19.5 Å². The largest absolute Gasteiger partial charge is 0.456 e. The van der Waals surface area contributed by atoms with E-state index < -0.39 is 0 Å². The van der Waals surface area contributed by atoms with Crippen molar-refractivity contribution < 1.29 is 14.3 Å². The molecule has 0 aliphatic rings. The summed E-state index contributed by atoms with van der Waals surface area (Å²) in [6, 6.07) is 42.7. The quantitative estimate of drug-likeness (QED) is 0.188. The molecular weight excluding hydrogens is 629 g/mol. The lowest BCUT2D eigenvalue weighted by Crippen LogP contribution is -2.00. The second kappa shape index (κ2) is 10.7. The van der Waals surface area contributed by atoms with Crippen LogP contribution in [0.2, 0.25) is 0 Å². The summed E-state index contributed by atoms with van der Waals surface area (Å²) in [5.74, 6) is 1.51. The molecule has 4 aromatic heterocycles. The van der Waals surface area contributed by atoms with E-state index in [1.807, 2.05) is 108 Å². The summed E-state index contributed by atoms with van der Waals surface area (Å²) < 4.78 is 48.9. The minimum absolute atomic E-state index is 0.176. The first-order chi connectivity index (χ1) is 26.9. The van der Waals surface area contributed by atoms with Crippen LogP contribution in [0.5, 0.6) is 0 Å². The lowest BCUT2D eigenvalue weighted by atomic mass is 10.1. The van der Waals surface area contributed by atoms with Crippen LogP contribution >= 0.6 is 0 Å². The summed E-state index contributed by atoms with van der Waals surface area (Å²) in [5, 5.41) is 5.09. The molecule has 6 nitrogen and oxygen atoms in total. The van der Waals surface area contributed by atoms with Crippen molar-refractivity contribution in [3.8, 4) is 39.9 Å². The number of hydrogen-bond donors (Lipinski definition) is 0. The van der Waals surface area contributed by atoms with Crippen molar-refractivity contribution in [3.63, 3.8) is 0 Å². The van der Waals surface area contributed by atoms with Gasteiger partial charge < -0.3 is 13.4 Å². The number of rotatable bonds is 4. The number of hydrogen-bond acceptors (Lipinski definition) is 5. The van der Waals surface area contributed by atoms with E-state index in [-0.39, 0.29) is 24.2 Å². The van der Waals surface area contributed by atoms with Crippen molar-refractivity contribution in [2.75, 3.05) is 0 Å². The van der Waals surface area contributed by atoms with Crippen molar-refractivity contribution in [1.82, 2.24) is 19.5 Å². The Kier molecular flexibility index (Phi) is 5.08. The molecule has 11 rings (SSSR count). The Hall–Kier alpha value is -7.05. The Bertz CT molecular complexity index is 3320. The second-order valence-electron chi connectivity index (χ2n) is 12.5. The minimum atomic E-state index is 0.176. The summed E-state index contributed by atoms with van der Waals surface area (Å²) in [6.45, 7) is 0. The molecule has 4 heterocycles. The SMILES string of the molecule is [2H]c1cc([2H])c2c(c1)c1cc([2H])cc([2H])c1n2-c1ccc2oc3cc(-c4nc(-c5ccccc5)nc(-c5cccc6c5oc5ccccc56)n4)ccc3c2c1. The molecule has 0 atom stereocenters. The van der Waals surface area contributed by atoms with Gasteiger partial charge in [0.1, 0.15) is 22.3 Å². The highest BCUT2D eigenvalue weighted by molar-refractivity contribution is 6.11. The molecule has 6 heteroatoms. The maximum atomic E-state index is 8.84. The average Bonchev–Trinajstić information content (AvgIpc) is 3.87.